The van der Waals surface area contributed by atoms with Crippen molar-refractivity contribution in [1.29, 1.82) is 0 Å². The van der Waals surface area contributed by atoms with Crippen molar-refractivity contribution in [2.45, 2.75) is 57.6 Å². The first-order valence-electron chi connectivity index (χ1n) is 8.07. The Bertz CT molecular complexity index is 827. The van der Waals surface area contributed by atoms with Crippen molar-refractivity contribution < 1.29 is 4.74 Å². The number of aromatic amines is 1. The van der Waals surface area contributed by atoms with Crippen LogP contribution in [0.4, 0.5) is 0 Å². The van der Waals surface area contributed by atoms with Crippen LogP contribution >= 0.6 is 23.6 Å². The first kappa shape index (κ1) is 14.6. The molecule has 1 aliphatic carbocycles. The molecule has 1 fully saturated rings. The average Bonchev–Trinajstić information content (AvgIpc) is 3.14. The molecule has 1 N–H and O–H groups in total. The van der Waals surface area contributed by atoms with Crippen LogP contribution < -0.4 is 5.56 Å². The fourth-order valence-electron chi connectivity index (χ4n) is 3.77. The summed E-state index contributed by atoms with van der Waals surface area (Å²) >= 11 is 7.19. The predicted octanol–water partition coefficient (Wildman–Crippen LogP) is 3.74. The molecule has 4 rings (SSSR count). The monoisotopic (exact) mass is 336 g/mol. The molecule has 2 aliphatic rings. The van der Waals surface area contributed by atoms with Crippen LogP contribution in [0.25, 0.3) is 10.2 Å². The van der Waals surface area contributed by atoms with Gasteiger partial charge in [0.05, 0.1) is 17.5 Å². The largest absolute Gasteiger partial charge is 0.376 e. The lowest BCUT2D eigenvalue weighted by Gasteiger charge is -2.21. The topological polar surface area (TPSA) is 47.0 Å². The molecule has 4 nitrogen and oxygen atoms in total. The van der Waals surface area contributed by atoms with Crippen molar-refractivity contribution in [3.63, 3.8) is 0 Å². The van der Waals surface area contributed by atoms with Crippen LogP contribution in [0.1, 0.15) is 49.1 Å². The van der Waals surface area contributed by atoms with Gasteiger partial charge >= 0.3 is 0 Å². The predicted molar refractivity (Wildman–Crippen MR) is 91.6 cm³/mol. The van der Waals surface area contributed by atoms with E-state index < -0.39 is 0 Å². The van der Waals surface area contributed by atoms with Gasteiger partial charge in [0.25, 0.3) is 5.56 Å². The minimum absolute atomic E-state index is 0.0118. The van der Waals surface area contributed by atoms with E-state index in [1.807, 2.05) is 6.92 Å². The molecule has 2 aromatic heterocycles. The van der Waals surface area contributed by atoms with Crippen LogP contribution in [0, 0.1) is 4.77 Å². The molecule has 1 aliphatic heterocycles. The van der Waals surface area contributed by atoms with Crippen LogP contribution in [0.15, 0.2) is 4.79 Å². The zero-order valence-corrected chi connectivity index (χ0v) is 14.3. The van der Waals surface area contributed by atoms with E-state index in [4.69, 9.17) is 17.0 Å². The Morgan fingerprint density at radius 1 is 1.36 bits per heavy atom. The highest BCUT2D eigenvalue weighted by Crippen LogP contribution is 2.34. The second-order valence-electron chi connectivity index (χ2n) is 6.31. The van der Waals surface area contributed by atoms with Crippen molar-refractivity contribution in [2.75, 3.05) is 6.61 Å². The van der Waals surface area contributed by atoms with Crippen molar-refractivity contribution in [3.05, 3.63) is 25.6 Å². The number of nitrogens with one attached hydrogen (secondary N) is 1. The summed E-state index contributed by atoms with van der Waals surface area (Å²) in [6, 6.07) is -0.0118. The highest BCUT2D eigenvalue weighted by molar-refractivity contribution is 7.71. The van der Waals surface area contributed by atoms with Crippen LogP contribution in [-0.2, 0) is 17.6 Å². The van der Waals surface area contributed by atoms with Crippen LogP contribution in [0.3, 0.4) is 0 Å². The molecule has 0 radical (unpaired) electrons. The minimum atomic E-state index is -0.0118. The third-order valence-electron chi connectivity index (χ3n) is 4.95. The van der Waals surface area contributed by atoms with Gasteiger partial charge in [-0.05, 0) is 63.2 Å². The molecule has 0 unspecified atom stereocenters. The number of hydrogen-bond donors (Lipinski definition) is 1. The van der Waals surface area contributed by atoms with Crippen molar-refractivity contribution in [1.82, 2.24) is 9.55 Å². The lowest BCUT2D eigenvalue weighted by Crippen LogP contribution is -2.32. The number of aryl methyl sites for hydroxylation is 2. The summed E-state index contributed by atoms with van der Waals surface area (Å²) in [5.74, 6) is 0. The van der Waals surface area contributed by atoms with Crippen LogP contribution in [-0.4, -0.2) is 22.3 Å². The molecule has 0 aromatic carbocycles. The smallest absolute Gasteiger partial charge is 0.263 e. The van der Waals surface area contributed by atoms with E-state index in [2.05, 4.69) is 4.98 Å². The highest BCUT2D eigenvalue weighted by Gasteiger charge is 2.27. The van der Waals surface area contributed by atoms with Gasteiger partial charge < -0.3 is 9.72 Å². The number of fused-ring (bicyclic) bond motifs is 3. The molecule has 2 atom stereocenters. The lowest BCUT2D eigenvalue weighted by molar-refractivity contribution is 0.0715. The van der Waals surface area contributed by atoms with Crippen LogP contribution in [0.2, 0.25) is 0 Å². The minimum Gasteiger partial charge on any atom is -0.376 e. The Balaban J connectivity index is 1.91. The molecule has 0 amide bonds. The fourth-order valence-corrected chi connectivity index (χ4v) is 5.47. The van der Waals surface area contributed by atoms with Crippen molar-refractivity contribution in [3.8, 4) is 0 Å². The zero-order chi connectivity index (χ0) is 15.3. The Kier molecular flexibility index (Phi) is 3.71. The summed E-state index contributed by atoms with van der Waals surface area (Å²) < 4.78 is 8.04. The number of thiophene rings is 1. The van der Waals surface area contributed by atoms with E-state index in [0.29, 0.717) is 4.77 Å². The van der Waals surface area contributed by atoms with Gasteiger partial charge in [-0.15, -0.1) is 11.3 Å². The van der Waals surface area contributed by atoms with Crippen molar-refractivity contribution in [2.24, 2.45) is 0 Å². The van der Waals surface area contributed by atoms with Gasteiger partial charge in [0.1, 0.15) is 4.83 Å². The summed E-state index contributed by atoms with van der Waals surface area (Å²) in [4.78, 5) is 18.7. The molecule has 3 heterocycles. The van der Waals surface area contributed by atoms with E-state index >= 15 is 0 Å². The number of aromatic nitrogens is 2. The summed E-state index contributed by atoms with van der Waals surface area (Å²) in [7, 11) is 0. The van der Waals surface area contributed by atoms with Gasteiger partial charge in [0.2, 0.25) is 0 Å². The number of ether oxygens (including phenoxy) is 1. The van der Waals surface area contributed by atoms with Crippen molar-refractivity contribution >= 4 is 33.8 Å². The highest BCUT2D eigenvalue weighted by atomic mass is 32.1. The first-order chi connectivity index (χ1) is 10.7. The number of nitrogens with zero attached hydrogens (tertiary/aromatic N) is 1. The van der Waals surface area contributed by atoms with E-state index in [1.165, 1.54) is 23.3 Å². The standard InChI is InChI=1S/C16H20N2O2S2/c1-9(11-6-4-8-20-11)18-15(19)13-10-5-2-3-7-12(10)22-14(13)17-16(18)21/h9,11H,2-8H2,1H3,(H,17,21)/t9-,11-/m0/s1. The molecule has 22 heavy (non-hydrogen) atoms. The summed E-state index contributed by atoms with van der Waals surface area (Å²) in [5.41, 5.74) is 1.33. The molecule has 0 spiro atoms. The van der Waals surface area contributed by atoms with Gasteiger partial charge in [0.15, 0.2) is 4.77 Å². The quantitative estimate of drug-likeness (QED) is 0.850. The van der Waals surface area contributed by atoms with Gasteiger partial charge in [-0.1, -0.05) is 0 Å². The molecular weight excluding hydrogens is 316 g/mol. The second kappa shape index (κ2) is 5.58. The van der Waals surface area contributed by atoms with Gasteiger partial charge in [0, 0.05) is 11.5 Å². The van der Waals surface area contributed by atoms with Gasteiger partial charge in [-0.2, -0.15) is 0 Å². The molecule has 6 heteroatoms. The van der Waals surface area contributed by atoms with Crippen LogP contribution in [0.5, 0.6) is 0 Å². The summed E-state index contributed by atoms with van der Waals surface area (Å²) in [5, 5.41) is 0.873. The molecular formula is C16H20N2O2S2. The average molecular weight is 336 g/mol. The van der Waals surface area contributed by atoms with Gasteiger partial charge in [-0.3, -0.25) is 9.36 Å². The maximum atomic E-state index is 13.1. The molecule has 118 valence electrons. The number of H-pyrrole nitrogens is 1. The van der Waals surface area contributed by atoms with E-state index in [0.717, 1.165) is 42.5 Å². The van der Waals surface area contributed by atoms with E-state index in [-0.39, 0.29) is 17.7 Å². The number of rotatable bonds is 2. The Labute approximate surface area is 138 Å². The third-order valence-corrected chi connectivity index (χ3v) is 6.46. The lowest BCUT2D eigenvalue weighted by atomic mass is 9.97. The fraction of sp³-hybridized carbons (Fsp3) is 0.625. The SMILES string of the molecule is C[C@@H]([C@@H]1CCCO1)n1c(=S)[nH]c2sc3c(c2c1=O)CCCC3. The molecule has 0 bridgehead atoms. The second-order valence-corrected chi connectivity index (χ2v) is 7.80. The maximum absolute atomic E-state index is 13.1. The number of hydrogen-bond acceptors (Lipinski definition) is 4. The first-order valence-corrected chi connectivity index (χ1v) is 9.30. The summed E-state index contributed by atoms with van der Waals surface area (Å²) in [6.45, 7) is 2.84. The Morgan fingerprint density at radius 3 is 2.95 bits per heavy atom. The Morgan fingerprint density at radius 2 is 2.18 bits per heavy atom. The zero-order valence-electron chi connectivity index (χ0n) is 12.7. The molecule has 2 aromatic rings. The van der Waals surface area contributed by atoms with E-state index in [9.17, 15) is 4.79 Å². The molecule has 1 saturated heterocycles. The molecule has 0 saturated carbocycles. The third kappa shape index (κ3) is 2.20. The Hall–Kier alpha value is -0.980. The maximum Gasteiger partial charge on any atom is 0.263 e. The van der Waals surface area contributed by atoms with E-state index in [1.54, 1.807) is 15.9 Å². The van der Waals surface area contributed by atoms with Gasteiger partial charge in [-0.25, -0.2) is 0 Å². The summed E-state index contributed by atoms with van der Waals surface area (Å²) in [6.07, 6.45) is 6.67. The normalized spacial score (nSPS) is 22.9.